The van der Waals surface area contributed by atoms with Gasteiger partial charge >= 0.3 is 0 Å². The molecule has 1 aliphatic heterocycles. The fourth-order valence-electron chi connectivity index (χ4n) is 3.28. The molecule has 1 atom stereocenters. The Hall–Kier alpha value is -2.82. The van der Waals surface area contributed by atoms with Crippen LogP contribution < -0.4 is 15.5 Å². The molecule has 0 bridgehead atoms. The second-order valence-electron chi connectivity index (χ2n) is 6.36. The molecule has 2 N–H and O–H groups in total. The summed E-state index contributed by atoms with van der Waals surface area (Å²) in [5.41, 5.74) is 4.29. The monoisotopic (exact) mass is 337 g/mol. The van der Waals surface area contributed by atoms with Crippen LogP contribution in [0.15, 0.2) is 48.5 Å². The molecule has 0 saturated carbocycles. The number of nitrogens with one attached hydrogen (secondary N) is 2. The van der Waals surface area contributed by atoms with Gasteiger partial charge < -0.3 is 15.5 Å². The van der Waals surface area contributed by atoms with E-state index in [9.17, 15) is 9.59 Å². The molecule has 25 heavy (non-hydrogen) atoms. The Labute approximate surface area is 148 Å². The Morgan fingerprint density at radius 2 is 1.96 bits per heavy atom. The van der Waals surface area contributed by atoms with Gasteiger partial charge in [0.05, 0.1) is 6.54 Å². The Morgan fingerprint density at radius 3 is 2.72 bits per heavy atom. The molecule has 1 unspecified atom stereocenters. The van der Waals surface area contributed by atoms with Crippen molar-refractivity contribution in [3.05, 3.63) is 65.2 Å². The third kappa shape index (κ3) is 3.82. The van der Waals surface area contributed by atoms with E-state index in [2.05, 4.69) is 16.7 Å². The number of likely N-dealkylation sites (N-methyl/N-ethyl adjacent to an activating group) is 1. The van der Waals surface area contributed by atoms with E-state index in [1.54, 1.807) is 7.05 Å². The lowest BCUT2D eigenvalue weighted by Crippen LogP contribution is -2.48. The first-order valence-corrected chi connectivity index (χ1v) is 8.47. The van der Waals surface area contributed by atoms with Crippen molar-refractivity contribution in [2.24, 2.45) is 0 Å². The highest BCUT2D eigenvalue weighted by Gasteiger charge is 2.34. The number of amides is 2. The smallest absolute Gasteiger partial charge is 0.242 e. The van der Waals surface area contributed by atoms with Gasteiger partial charge in [-0.25, -0.2) is 0 Å². The van der Waals surface area contributed by atoms with Crippen LogP contribution in [0.4, 0.5) is 5.69 Å². The van der Waals surface area contributed by atoms with Gasteiger partial charge in [0.15, 0.2) is 0 Å². The molecule has 130 valence electrons. The van der Waals surface area contributed by atoms with E-state index in [0.29, 0.717) is 13.0 Å². The van der Waals surface area contributed by atoms with Gasteiger partial charge in [-0.3, -0.25) is 9.59 Å². The Kier molecular flexibility index (Phi) is 5.03. The number of rotatable bonds is 5. The Morgan fingerprint density at radius 1 is 1.16 bits per heavy atom. The molecular weight excluding hydrogens is 314 g/mol. The minimum atomic E-state index is -0.341. The first-order valence-electron chi connectivity index (χ1n) is 8.47. The van der Waals surface area contributed by atoms with Crippen LogP contribution in [0.1, 0.15) is 16.7 Å². The number of benzene rings is 2. The lowest BCUT2D eigenvalue weighted by molar-refractivity contribution is -0.122. The quantitative estimate of drug-likeness (QED) is 0.874. The summed E-state index contributed by atoms with van der Waals surface area (Å²) in [7, 11) is 1.63. The highest BCUT2D eigenvalue weighted by Crippen LogP contribution is 2.31. The van der Waals surface area contributed by atoms with Crippen molar-refractivity contribution in [1.82, 2.24) is 10.6 Å². The van der Waals surface area contributed by atoms with E-state index in [1.165, 1.54) is 5.56 Å². The third-order valence-electron chi connectivity index (χ3n) is 4.53. The molecule has 0 fully saturated rings. The van der Waals surface area contributed by atoms with Crippen molar-refractivity contribution in [3.63, 3.8) is 0 Å². The molecule has 2 amide bonds. The number of hydrogen-bond donors (Lipinski definition) is 2. The number of para-hydroxylation sites is 1. The van der Waals surface area contributed by atoms with E-state index in [4.69, 9.17) is 0 Å². The zero-order valence-corrected chi connectivity index (χ0v) is 14.6. The average Bonchev–Trinajstić information content (AvgIpc) is 2.98. The fraction of sp³-hybridized carbons (Fsp3) is 0.300. The van der Waals surface area contributed by atoms with Gasteiger partial charge in [-0.2, -0.15) is 0 Å². The number of carbonyl (C=O) groups is 2. The molecule has 1 aliphatic rings. The molecule has 2 aromatic carbocycles. The summed E-state index contributed by atoms with van der Waals surface area (Å²) in [5.74, 6) is -0.158. The zero-order chi connectivity index (χ0) is 17.8. The molecule has 5 nitrogen and oxygen atoms in total. The summed E-state index contributed by atoms with van der Waals surface area (Å²) in [4.78, 5) is 26.5. The first-order chi connectivity index (χ1) is 12.1. The summed E-state index contributed by atoms with van der Waals surface area (Å²) in [6, 6.07) is 15.6. The second kappa shape index (κ2) is 7.38. The van der Waals surface area contributed by atoms with Crippen molar-refractivity contribution in [1.29, 1.82) is 0 Å². The molecule has 0 radical (unpaired) electrons. The average molecular weight is 337 g/mol. The van der Waals surface area contributed by atoms with E-state index in [-0.39, 0.29) is 24.4 Å². The minimum Gasteiger partial charge on any atom is -0.357 e. The summed E-state index contributed by atoms with van der Waals surface area (Å²) in [6.07, 6.45) is 0.626. The van der Waals surface area contributed by atoms with Crippen LogP contribution in [0.5, 0.6) is 0 Å². The van der Waals surface area contributed by atoms with Gasteiger partial charge in [-0.05, 0) is 24.1 Å². The van der Waals surface area contributed by atoms with Gasteiger partial charge in [-0.1, -0.05) is 48.0 Å². The van der Waals surface area contributed by atoms with Crippen LogP contribution >= 0.6 is 0 Å². The number of aryl methyl sites for hydroxylation is 1. The molecule has 0 aliphatic carbocycles. The number of carbonyl (C=O) groups excluding carboxylic acids is 2. The van der Waals surface area contributed by atoms with Crippen LogP contribution in [0.25, 0.3) is 0 Å². The molecule has 1 heterocycles. The van der Waals surface area contributed by atoms with Gasteiger partial charge in [0.2, 0.25) is 11.8 Å². The number of fused-ring (bicyclic) bond motifs is 1. The third-order valence-corrected chi connectivity index (χ3v) is 4.53. The standard InChI is InChI=1S/C20H23N3O2/c1-14-6-5-7-15(10-14)12-22-19(24)13-23-17-9-4-3-8-16(17)11-18(23)20(25)21-2/h3-10,18H,11-13H2,1-2H3,(H,21,25)(H,22,24). The second-order valence-corrected chi connectivity index (χ2v) is 6.36. The van der Waals surface area contributed by atoms with Crippen LogP contribution in [0.2, 0.25) is 0 Å². The number of nitrogens with zero attached hydrogens (tertiary/aromatic N) is 1. The molecule has 0 aromatic heterocycles. The predicted octanol–water partition coefficient (Wildman–Crippen LogP) is 1.79. The van der Waals surface area contributed by atoms with Crippen molar-refractivity contribution >= 4 is 17.5 Å². The zero-order valence-electron chi connectivity index (χ0n) is 14.6. The maximum Gasteiger partial charge on any atom is 0.242 e. The largest absolute Gasteiger partial charge is 0.357 e. The lowest BCUT2D eigenvalue weighted by atomic mass is 10.1. The van der Waals surface area contributed by atoms with E-state index < -0.39 is 0 Å². The molecular formula is C20H23N3O2. The van der Waals surface area contributed by atoms with Gasteiger partial charge in [0.25, 0.3) is 0 Å². The summed E-state index contributed by atoms with van der Waals surface area (Å²) < 4.78 is 0. The predicted molar refractivity (Wildman–Crippen MR) is 98.4 cm³/mol. The SMILES string of the molecule is CNC(=O)C1Cc2ccccc2N1CC(=O)NCc1cccc(C)c1. The van der Waals surface area contributed by atoms with Crippen LogP contribution in [0, 0.1) is 6.92 Å². The molecule has 5 heteroatoms. The number of hydrogen-bond acceptors (Lipinski definition) is 3. The fourth-order valence-corrected chi connectivity index (χ4v) is 3.28. The molecule has 0 spiro atoms. The first kappa shape index (κ1) is 17.0. The summed E-state index contributed by atoms with van der Waals surface area (Å²) in [5, 5.41) is 5.65. The normalized spacial score (nSPS) is 15.6. The van der Waals surface area contributed by atoms with E-state index in [0.717, 1.165) is 16.8 Å². The van der Waals surface area contributed by atoms with Crippen molar-refractivity contribution < 1.29 is 9.59 Å². The van der Waals surface area contributed by atoms with Crippen LogP contribution in [0.3, 0.4) is 0 Å². The summed E-state index contributed by atoms with van der Waals surface area (Å²) >= 11 is 0. The van der Waals surface area contributed by atoms with Crippen LogP contribution in [-0.2, 0) is 22.6 Å². The highest BCUT2D eigenvalue weighted by atomic mass is 16.2. The summed E-state index contributed by atoms with van der Waals surface area (Å²) in [6.45, 7) is 2.68. The van der Waals surface area contributed by atoms with Gasteiger partial charge in [0.1, 0.15) is 6.04 Å². The van der Waals surface area contributed by atoms with Gasteiger partial charge in [0, 0.05) is 25.7 Å². The Balaban J connectivity index is 1.68. The van der Waals surface area contributed by atoms with Crippen LogP contribution in [-0.4, -0.2) is 31.4 Å². The van der Waals surface area contributed by atoms with Crippen molar-refractivity contribution in [2.75, 3.05) is 18.5 Å². The van der Waals surface area contributed by atoms with Gasteiger partial charge in [-0.15, -0.1) is 0 Å². The molecule has 2 aromatic rings. The molecule has 0 saturated heterocycles. The van der Waals surface area contributed by atoms with Crippen molar-refractivity contribution in [2.45, 2.75) is 25.9 Å². The maximum absolute atomic E-state index is 12.4. The number of anilines is 1. The Bertz CT molecular complexity index is 788. The minimum absolute atomic E-state index is 0.0670. The lowest BCUT2D eigenvalue weighted by Gasteiger charge is -2.25. The maximum atomic E-state index is 12.4. The van der Waals surface area contributed by atoms with E-state index in [1.807, 2.05) is 54.3 Å². The highest BCUT2D eigenvalue weighted by molar-refractivity contribution is 5.91. The topological polar surface area (TPSA) is 61.4 Å². The molecule has 3 rings (SSSR count). The van der Waals surface area contributed by atoms with E-state index >= 15 is 0 Å². The van der Waals surface area contributed by atoms with Crippen molar-refractivity contribution in [3.8, 4) is 0 Å².